The first-order chi connectivity index (χ1) is 13.8. The van der Waals surface area contributed by atoms with Crippen LogP contribution in [-0.2, 0) is 9.53 Å². The third-order valence-corrected chi connectivity index (χ3v) is 6.76. The molecule has 0 saturated carbocycles. The van der Waals surface area contributed by atoms with Crippen LogP contribution in [0.5, 0.6) is 0 Å². The first kappa shape index (κ1) is 20.3. The van der Waals surface area contributed by atoms with Crippen LogP contribution in [-0.4, -0.2) is 42.0 Å². The molecular formula is C23H28F2N2O2. The van der Waals surface area contributed by atoms with Crippen molar-refractivity contribution in [2.24, 2.45) is 17.3 Å². The van der Waals surface area contributed by atoms with E-state index in [0.29, 0.717) is 12.5 Å². The third-order valence-electron chi connectivity index (χ3n) is 6.76. The minimum absolute atomic E-state index is 0.151. The second kappa shape index (κ2) is 7.68. The van der Waals surface area contributed by atoms with E-state index >= 15 is 0 Å². The Labute approximate surface area is 171 Å². The second-order valence-electron chi connectivity index (χ2n) is 9.18. The highest BCUT2D eigenvalue weighted by molar-refractivity contribution is 5.84. The van der Waals surface area contributed by atoms with Gasteiger partial charge in [0.25, 0.3) is 6.43 Å². The van der Waals surface area contributed by atoms with Gasteiger partial charge in [-0.25, -0.2) is 8.78 Å². The van der Waals surface area contributed by atoms with Crippen LogP contribution in [0.3, 0.4) is 0 Å². The zero-order valence-electron chi connectivity index (χ0n) is 17.3. The number of hydrogen-bond acceptors (Lipinski definition) is 3. The van der Waals surface area contributed by atoms with Crippen molar-refractivity contribution in [1.82, 2.24) is 9.88 Å². The van der Waals surface area contributed by atoms with Crippen LogP contribution >= 0.6 is 0 Å². The number of nitrogens with zero attached hydrogens (tertiary/aromatic N) is 2. The molecule has 4 rings (SSSR count). The molecule has 1 amide bonds. The van der Waals surface area contributed by atoms with Gasteiger partial charge in [-0.05, 0) is 49.7 Å². The summed E-state index contributed by atoms with van der Waals surface area (Å²) in [7, 11) is 0. The van der Waals surface area contributed by atoms with E-state index < -0.39 is 17.7 Å². The van der Waals surface area contributed by atoms with Crippen molar-refractivity contribution in [3.05, 3.63) is 29.1 Å². The molecule has 1 aromatic rings. The summed E-state index contributed by atoms with van der Waals surface area (Å²) in [5, 5.41) is 0. The summed E-state index contributed by atoms with van der Waals surface area (Å²) in [6, 6.07) is -0.157. The summed E-state index contributed by atoms with van der Waals surface area (Å²) in [5.41, 5.74) is 1.36. The summed E-state index contributed by atoms with van der Waals surface area (Å²) < 4.78 is 32.2. The van der Waals surface area contributed by atoms with E-state index in [0.717, 1.165) is 49.2 Å². The van der Waals surface area contributed by atoms with Gasteiger partial charge in [0, 0.05) is 50.1 Å². The van der Waals surface area contributed by atoms with Gasteiger partial charge in [-0.3, -0.25) is 9.78 Å². The molecule has 1 aromatic heterocycles. The third kappa shape index (κ3) is 3.44. The van der Waals surface area contributed by atoms with Crippen LogP contribution in [0.2, 0.25) is 0 Å². The van der Waals surface area contributed by atoms with E-state index in [4.69, 9.17) is 4.74 Å². The summed E-state index contributed by atoms with van der Waals surface area (Å²) in [6.45, 7) is 6.86. The Hall–Kier alpha value is -2.00. The summed E-state index contributed by atoms with van der Waals surface area (Å²) in [5.74, 6) is 7.09. The van der Waals surface area contributed by atoms with Gasteiger partial charge in [-0.15, -0.1) is 0 Å². The number of rotatable bonds is 3. The van der Waals surface area contributed by atoms with Crippen molar-refractivity contribution >= 4 is 5.91 Å². The van der Waals surface area contributed by atoms with Crippen molar-refractivity contribution in [1.29, 1.82) is 0 Å². The largest absolute Gasteiger partial charge is 0.381 e. The number of hydrogen-bond donors (Lipinski definition) is 0. The van der Waals surface area contributed by atoms with E-state index in [2.05, 4.69) is 23.7 Å². The molecule has 0 aromatic carbocycles. The normalized spacial score (nSPS) is 26.4. The highest BCUT2D eigenvalue weighted by atomic mass is 19.3. The van der Waals surface area contributed by atoms with Gasteiger partial charge in [0.2, 0.25) is 5.91 Å². The molecule has 29 heavy (non-hydrogen) atoms. The van der Waals surface area contributed by atoms with Crippen molar-refractivity contribution in [3.63, 3.8) is 0 Å². The summed E-state index contributed by atoms with van der Waals surface area (Å²) in [6.07, 6.45) is 3.84. The molecule has 0 radical (unpaired) electrons. The predicted molar refractivity (Wildman–Crippen MR) is 105 cm³/mol. The zero-order valence-corrected chi connectivity index (χ0v) is 17.3. The fraction of sp³-hybridized carbons (Fsp3) is 0.652. The van der Waals surface area contributed by atoms with Crippen molar-refractivity contribution in [3.8, 4) is 11.8 Å². The van der Waals surface area contributed by atoms with Crippen LogP contribution in [0, 0.1) is 29.1 Å². The van der Waals surface area contributed by atoms with E-state index in [-0.39, 0.29) is 17.9 Å². The Balaban J connectivity index is 1.56. The average molecular weight is 402 g/mol. The van der Waals surface area contributed by atoms with Gasteiger partial charge in [0.15, 0.2) is 0 Å². The molecule has 0 N–H and O–H groups in total. The number of amides is 1. The van der Waals surface area contributed by atoms with Crippen molar-refractivity contribution < 1.29 is 18.3 Å². The minimum Gasteiger partial charge on any atom is -0.381 e. The molecule has 1 aliphatic carbocycles. The number of ether oxygens (including phenoxy) is 1. The molecule has 6 heteroatoms. The molecule has 156 valence electrons. The molecule has 0 bridgehead atoms. The maximum atomic E-state index is 13.4. The smallest absolute Gasteiger partial charge is 0.252 e. The van der Waals surface area contributed by atoms with Crippen molar-refractivity contribution in [2.45, 2.75) is 58.4 Å². The predicted octanol–water partition coefficient (Wildman–Crippen LogP) is 4.16. The first-order valence-corrected chi connectivity index (χ1v) is 10.5. The number of likely N-dealkylation sites (tertiary alicyclic amines) is 1. The first-order valence-electron chi connectivity index (χ1n) is 10.5. The summed E-state index contributed by atoms with van der Waals surface area (Å²) in [4.78, 5) is 18.8. The monoisotopic (exact) mass is 402 g/mol. The lowest BCUT2D eigenvalue weighted by Gasteiger charge is -2.42. The second-order valence-corrected chi connectivity index (χ2v) is 9.18. The molecule has 3 heterocycles. The Morgan fingerprint density at radius 3 is 2.76 bits per heavy atom. The van der Waals surface area contributed by atoms with Crippen LogP contribution in [0.25, 0.3) is 0 Å². The van der Waals surface area contributed by atoms with Crippen LogP contribution in [0.1, 0.15) is 68.7 Å². The molecule has 2 fully saturated rings. The Morgan fingerprint density at radius 1 is 1.34 bits per heavy atom. The number of pyridine rings is 1. The minimum atomic E-state index is -2.69. The Kier molecular flexibility index (Phi) is 5.37. The molecular weight excluding hydrogens is 374 g/mol. The fourth-order valence-corrected chi connectivity index (χ4v) is 4.86. The van der Waals surface area contributed by atoms with Crippen molar-refractivity contribution in [2.75, 3.05) is 19.8 Å². The molecule has 2 aliphatic heterocycles. The lowest BCUT2D eigenvalue weighted by molar-refractivity contribution is -0.150. The number of halogens is 2. The van der Waals surface area contributed by atoms with E-state index in [9.17, 15) is 13.6 Å². The van der Waals surface area contributed by atoms with Gasteiger partial charge >= 0.3 is 0 Å². The van der Waals surface area contributed by atoms with E-state index in [1.165, 1.54) is 13.8 Å². The average Bonchev–Trinajstić information content (AvgIpc) is 2.97. The quantitative estimate of drug-likeness (QED) is 0.713. The number of aromatic nitrogens is 1. The van der Waals surface area contributed by atoms with E-state index in [1.54, 1.807) is 17.3 Å². The molecule has 1 unspecified atom stereocenters. The molecule has 3 aliphatic rings. The summed E-state index contributed by atoms with van der Waals surface area (Å²) >= 11 is 0. The maximum absolute atomic E-state index is 13.4. The van der Waals surface area contributed by atoms with Gasteiger partial charge in [0.1, 0.15) is 5.41 Å². The van der Waals surface area contributed by atoms with Gasteiger partial charge in [-0.2, -0.15) is 0 Å². The number of alkyl halides is 2. The SMILES string of the molecule is C[C@H]1CN(C(=O)C(C)(C)C(F)F)[C@@H]2c3cncc(C#CCC4CCOCC4)c3C21. The standard InChI is InChI=1S/C23H28F2N2O2/c1-14-13-27(22(28)23(2,3)21(24)25)20-17-12-26-11-16(19(17)18(14)20)6-4-5-15-7-9-29-10-8-15/h11-12,14-15,18,20-21H,5,7-10,13H2,1-3H3/t14-,18?,20+/m0/s1. The Bertz CT molecular complexity index is 852. The lowest BCUT2D eigenvalue weighted by atomic mass is 9.68. The van der Waals surface area contributed by atoms with Crippen LogP contribution in [0.4, 0.5) is 8.78 Å². The lowest BCUT2D eigenvalue weighted by Crippen LogP contribution is -2.46. The highest BCUT2D eigenvalue weighted by Crippen LogP contribution is 2.58. The van der Waals surface area contributed by atoms with Gasteiger partial charge < -0.3 is 9.64 Å². The van der Waals surface area contributed by atoms with Gasteiger partial charge in [0.05, 0.1) is 6.04 Å². The number of fused-ring (bicyclic) bond motifs is 4. The molecule has 4 nitrogen and oxygen atoms in total. The zero-order chi connectivity index (χ0) is 20.8. The fourth-order valence-electron chi connectivity index (χ4n) is 4.86. The number of carbonyl (C=O) groups is 1. The molecule has 0 spiro atoms. The van der Waals surface area contributed by atoms with Crippen LogP contribution in [0.15, 0.2) is 12.4 Å². The topological polar surface area (TPSA) is 42.4 Å². The maximum Gasteiger partial charge on any atom is 0.252 e. The molecule has 2 saturated heterocycles. The molecule has 3 atom stereocenters. The Morgan fingerprint density at radius 2 is 2.07 bits per heavy atom. The van der Waals surface area contributed by atoms with E-state index in [1.807, 2.05) is 0 Å². The van der Waals surface area contributed by atoms with Crippen LogP contribution < -0.4 is 0 Å². The van der Waals surface area contributed by atoms with Gasteiger partial charge in [-0.1, -0.05) is 18.8 Å². The number of carbonyl (C=O) groups excluding carboxylic acids is 1. The highest BCUT2D eigenvalue weighted by Gasteiger charge is 2.55.